The van der Waals surface area contributed by atoms with Crippen LogP contribution in [0.5, 0.6) is 0 Å². The van der Waals surface area contributed by atoms with E-state index in [0.717, 1.165) is 12.1 Å². The minimum atomic E-state index is -0.393. The molecule has 154 valence electrons. The second-order valence-corrected chi connectivity index (χ2v) is 7.36. The molecule has 3 rings (SSSR count). The molecule has 1 fully saturated rings. The molecule has 0 saturated carbocycles. The van der Waals surface area contributed by atoms with Crippen molar-refractivity contribution in [1.29, 1.82) is 0 Å². The van der Waals surface area contributed by atoms with Gasteiger partial charge in [0.15, 0.2) is 5.96 Å². The van der Waals surface area contributed by atoms with E-state index in [-0.39, 0.29) is 5.69 Å². The van der Waals surface area contributed by atoms with E-state index in [1.54, 1.807) is 19.2 Å². The Morgan fingerprint density at radius 1 is 0.931 bits per heavy atom. The van der Waals surface area contributed by atoms with Gasteiger partial charge in [-0.05, 0) is 42.6 Å². The molecule has 0 aromatic heterocycles. The second-order valence-electron chi connectivity index (χ2n) is 7.36. The number of nitrogens with zero attached hydrogens (tertiary/aromatic N) is 3. The van der Waals surface area contributed by atoms with Crippen LogP contribution in [0.4, 0.5) is 5.69 Å². The maximum absolute atomic E-state index is 10.7. The molecule has 0 radical (unpaired) electrons. The van der Waals surface area contributed by atoms with E-state index in [1.807, 2.05) is 0 Å². The molecule has 0 spiro atoms. The normalized spacial score (nSPS) is 15.1. The number of aliphatic imine (C=N–C) groups is 1. The first-order valence-electron chi connectivity index (χ1n) is 10.1. The maximum atomic E-state index is 10.7. The van der Waals surface area contributed by atoms with Gasteiger partial charge in [-0.15, -0.1) is 0 Å². The maximum Gasteiger partial charge on any atom is 0.269 e. The number of nitrogens with one attached hydrogen (secondary N) is 2. The van der Waals surface area contributed by atoms with Crippen molar-refractivity contribution in [2.75, 3.05) is 20.1 Å². The van der Waals surface area contributed by atoms with Gasteiger partial charge in [0.05, 0.1) is 4.92 Å². The zero-order valence-electron chi connectivity index (χ0n) is 16.9. The number of hydrogen-bond donors (Lipinski definition) is 2. The first-order valence-corrected chi connectivity index (χ1v) is 10.1. The van der Waals surface area contributed by atoms with Crippen LogP contribution in [0.15, 0.2) is 53.5 Å². The topological polar surface area (TPSA) is 82.8 Å². The molecule has 0 atom stereocenters. The van der Waals surface area contributed by atoms with Crippen LogP contribution < -0.4 is 10.6 Å². The van der Waals surface area contributed by atoms with Gasteiger partial charge in [-0.2, -0.15) is 0 Å². The first kappa shape index (κ1) is 20.8. The molecule has 1 heterocycles. The van der Waals surface area contributed by atoms with Crippen LogP contribution in [0.2, 0.25) is 0 Å². The van der Waals surface area contributed by atoms with Gasteiger partial charge in [0.25, 0.3) is 5.69 Å². The molecule has 2 N–H and O–H groups in total. The number of non-ortho nitro benzene ring substituents is 1. The van der Waals surface area contributed by atoms with Gasteiger partial charge in [0, 0.05) is 38.8 Å². The Morgan fingerprint density at radius 3 is 1.97 bits per heavy atom. The highest BCUT2D eigenvalue weighted by Crippen LogP contribution is 2.14. The molecule has 7 heteroatoms. The Morgan fingerprint density at radius 2 is 1.45 bits per heavy atom. The van der Waals surface area contributed by atoms with E-state index < -0.39 is 4.92 Å². The lowest BCUT2D eigenvalue weighted by molar-refractivity contribution is -0.384. The molecule has 0 aliphatic carbocycles. The summed E-state index contributed by atoms with van der Waals surface area (Å²) < 4.78 is 0. The summed E-state index contributed by atoms with van der Waals surface area (Å²) in [5, 5.41) is 17.3. The molecule has 1 saturated heterocycles. The lowest BCUT2D eigenvalue weighted by atomic mass is 10.1. The fourth-order valence-corrected chi connectivity index (χ4v) is 3.47. The standard InChI is InChI=1S/C22H29N5O2/c1-23-22(25-16-19-9-11-21(12-10-19)27(28)29)24-15-18-5-7-20(8-6-18)17-26-13-3-2-4-14-26/h5-12H,2-4,13-17H2,1H3,(H2,23,24,25). The summed E-state index contributed by atoms with van der Waals surface area (Å²) in [5.41, 5.74) is 3.61. The fraction of sp³-hybridized carbons (Fsp3) is 0.409. The lowest BCUT2D eigenvalue weighted by Gasteiger charge is -2.26. The fourth-order valence-electron chi connectivity index (χ4n) is 3.47. The van der Waals surface area contributed by atoms with Gasteiger partial charge in [-0.25, -0.2) is 0 Å². The monoisotopic (exact) mass is 395 g/mol. The number of piperidine rings is 1. The zero-order chi connectivity index (χ0) is 20.5. The molecule has 0 bridgehead atoms. The van der Waals surface area contributed by atoms with Crippen molar-refractivity contribution in [3.8, 4) is 0 Å². The Labute approximate surface area is 172 Å². The van der Waals surface area contributed by atoms with Gasteiger partial charge in [-0.3, -0.25) is 20.0 Å². The Kier molecular flexibility index (Phi) is 7.58. The third kappa shape index (κ3) is 6.57. The van der Waals surface area contributed by atoms with E-state index >= 15 is 0 Å². The van der Waals surface area contributed by atoms with Crippen LogP contribution >= 0.6 is 0 Å². The Balaban J connectivity index is 1.44. The second kappa shape index (κ2) is 10.6. The van der Waals surface area contributed by atoms with Crippen molar-refractivity contribution < 1.29 is 4.92 Å². The summed E-state index contributed by atoms with van der Waals surface area (Å²) in [6.45, 7) is 4.68. The smallest absolute Gasteiger partial charge is 0.269 e. The van der Waals surface area contributed by atoms with Crippen LogP contribution in [0.1, 0.15) is 36.0 Å². The van der Waals surface area contributed by atoms with Crippen molar-refractivity contribution in [1.82, 2.24) is 15.5 Å². The molecular formula is C22H29N5O2. The molecule has 1 aliphatic heterocycles. The molecule has 2 aromatic carbocycles. The number of likely N-dealkylation sites (tertiary alicyclic amines) is 1. The average Bonchev–Trinajstić information content (AvgIpc) is 2.76. The molecule has 0 amide bonds. The average molecular weight is 396 g/mol. The number of nitro groups is 1. The highest BCUT2D eigenvalue weighted by atomic mass is 16.6. The molecule has 1 aliphatic rings. The molecule has 0 unspecified atom stereocenters. The summed E-state index contributed by atoms with van der Waals surface area (Å²) in [5.74, 6) is 0.695. The van der Waals surface area contributed by atoms with Crippen LogP contribution in [-0.4, -0.2) is 35.9 Å². The number of nitro benzene ring substituents is 1. The minimum absolute atomic E-state index is 0.0972. The molecule has 7 nitrogen and oxygen atoms in total. The number of benzene rings is 2. The summed E-state index contributed by atoms with van der Waals surface area (Å²) in [6, 6.07) is 15.3. The van der Waals surface area contributed by atoms with Gasteiger partial charge in [0.1, 0.15) is 0 Å². The molecule has 29 heavy (non-hydrogen) atoms. The minimum Gasteiger partial charge on any atom is -0.352 e. The van der Waals surface area contributed by atoms with Gasteiger partial charge < -0.3 is 10.6 Å². The summed E-state index contributed by atoms with van der Waals surface area (Å²) in [6.07, 6.45) is 3.99. The van der Waals surface area contributed by atoms with Crippen molar-refractivity contribution in [3.05, 3.63) is 75.3 Å². The molecular weight excluding hydrogens is 366 g/mol. The number of rotatable bonds is 7. The van der Waals surface area contributed by atoms with E-state index in [0.29, 0.717) is 19.0 Å². The Bertz CT molecular complexity index is 812. The van der Waals surface area contributed by atoms with Crippen molar-refractivity contribution in [3.63, 3.8) is 0 Å². The molecule has 2 aromatic rings. The van der Waals surface area contributed by atoms with Crippen molar-refractivity contribution in [2.24, 2.45) is 4.99 Å². The number of guanidine groups is 1. The SMILES string of the molecule is CN=C(NCc1ccc(CN2CCCCC2)cc1)NCc1ccc([N+](=O)[O-])cc1. The summed E-state index contributed by atoms with van der Waals surface area (Å²) >= 11 is 0. The van der Waals surface area contributed by atoms with E-state index in [9.17, 15) is 10.1 Å². The van der Waals surface area contributed by atoms with Crippen LogP contribution in [-0.2, 0) is 19.6 Å². The predicted molar refractivity (Wildman–Crippen MR) is 116 cm³/mol. The Hall–Kier alpha value is -2.93. The van der Waals surface area contributed by atoms with Crippen molar-refractivity contribution >= 4 is 11.6 Å². The summed E-state index contributed by atoms with van der Waals surface area (Å²) in [4.78, 5) is 17.1. The van der Waals surface area contributed by atoms with Gasteiger partial charge in [-0.1, -0.05) is 42.8 Å². The van der Waals surface area contributed by atoms with E-state index in [1.165, 1.54) is 55.6 Å². The predicted octanol–water partition coefficient (Wildman–Crippen LogP) is 3.45. The summed E-state index contributed by atoms with van der Waals surface area (Å²) in [7, 11) is 1.73. The van der Waals surface area contributed by atoms with E-state index in [4.69, 9.17) is 0 Å². The largest absolute Gasteiger partial charge is 0.352 e. The van der Waals surface area contributed by atoms with Gasteiger partial charge >= 0.3 is 0 Å². The quantitative estimate of drug-likeness (QED) is 0.325. The van der Waals surface area contributed by atoms with Crippen LogP contribution in [0.3, 0.4) is 0 Å². The first-order chi connectivity index (χ1) is 14.1. The van der Waals surface area contributed by atoms with Crippen LogP contribution in [0.25, 0.3) is 0 Å². The third-order valence-corrected chi connectivity index (χ3v) is 5.17. The van der Waals surface area contributed by atoms with Gasteiger partial charge in [0.2, 0.25) is 0 Å². The highest BCUT2D eigenvalue weighted by molar-refractivity contribution is 5.79. The highest BCUT2D eigenvalue weighted by Gasteiger charge is 2.10. The lowest BCUT2D eigenvalue weighted by Crippen LogP contribution is -2.36. The zero-order valence-corrected chi connectivity index (χ0v) is 16.9. The van der Waals surface area contributed by atoms with Crippen molar-refractivity contribution in [2.45, 2.75) is 38.9 Å². The third-order valence-electron chi connectivity index (χ3n) is 5.17. The van der Waals surface area contributed by atoms with Crippen LogP contribution in [0, 0.1) is 10.1 Å². The number of hydrogen-bond acceptors (Lipinski definition) is 4. The van der Waals surface area contributed by atoms with E-state index in [2.05, 4.69) is 44.8 Å².